The summed E-state index contributed by atoms with van der Waals surface area (Å²) in [5, 5.41) is 2.95. The largest absolute Gasteiger partial charge is 0.493 e. The number of ether oxygens (including phenoxy) is 1. The van der Waals surface area contributed by atoms with E-state index in [9.17, 15) is 9.59 Å². The number of anilines is 1. The fraction of sp³-hybridized carbons (Fsp3) is 0.391. The van der Waals surface area contributed by atoms with Gasteiger partial charge in [-0.3, -0.25) is 9.59 Å². The zero-order chi connectivity index (χ0) is 19.8. The lowest BCUT2D eigenvalue weighted by Crippen LogP contribution is -2.43. The summed E-state index contributed by atoms with van der Waals surface area (Å²) in [5.74, 6) is 0.809. The van der Waals surface area contributed by atoms with Gasteiger partial charge < -0.3 is 15.0 Å². The van der Waals surface area contributed by atoms with Gasteiger partial charge in [-0.15, -0.1) is 0 Å². The predicted molar refractivity (Wildman–Crippen MR) is 110 cm³/mol. The Morgan fingerprint density at radius 3 is 2.64 bits per heavy atom. The highest BCUT2D eigenvalue weighted by Crippen LogP contribution is 2.20. The van der Waals surface area contributed by atoms with E-state index in [0.29, 0.717) is 26.0 Å². The molecule has 0 unspecified atom stereocenters. The molecule has 5 nitrogen and oxygen atoms in total. The first kappa shape index (κ1) is 19.9. The second-order valence-corrected chi connectivity index (χ2v) is 7.25. The van der Waals surface area contributed by atoms with Gasteiger partial charge in [0, 0.05) is 25.2 Å². The second-order valence-electron chi connectivity index (χ2n) is 7.25. The third-order valence-electron chi connectivity index (χ3n) is 5.07. The summed E-state index contributed by atoms with van der Waals surface area (Å²) in [4.78, 5) is 26.9. The van der Waals surface area contributed by atoms with Crippen LogP contribution >= 0.6 is 0 Å². The molecule has 2 aromatic rings. The Morgan fingerprint density at radius 1 is 1.11 bits per heavy atom. The lowest BCUT2D eigenvalue weighted by atomic mass is 9.96. The van der Waals surface area contributed by atoms with E-state index in [0.717, 1.165) is 36.4 Å². The molecule has 0 saturated carbocycles. The van der Waals surface area contributed by atoms with Crippen LogP contribution in [0.3, 0.4) is 0 Å². The van der Waals surface area contributed by atoms with Crippen LogP contribution in [0.1, 0.15) is 31.2 Å². The fourth-order valence-electron chi connectivity index (χ4n) is 3.47. The van der Waals surface area contributed by atoms with Gasteiger partial charge in [0.25, 0.3) is 0 Å². The van der Waals surface area contributed by atoms with Gasteiger partial charge in [0.2, 0.25) is 11.8 Å². The van der Waals surface area contributed by atoms with Crippen LogP contribution in [-0.2, 0) is 9.59 Å². The summed E-state index contributed by atoms with van der Waals surface area (Å²) in [6.45, 7) is 3.75. The van der Waals surface area contributed by atoms with Gasteiger partial charge in [-0.1, -0.05) is 36.4 Å². The number of hydrogen-bond donors (Lipinski definition) is 1. The van der Waals surface area contributed by atoms with E-state index in [4.69, 9.17) is 4.74 Å². The molecule has 1 aliphatic heterocycles. The number of nitrogens with zero attached hydrogens (tertiary/aromatic N) is 1. The molecule has 0 bridgehead atoms. The first-order valence-corrected chi connectivity index (χ1v) is 9.95. The van der Waals surface area contributed by atoms with Crippen molar-refractivity contribution in [3.05, 3.63) is 60.2 Å². The highest BCUT2D eigenvalue weighted by Gasteiger charge is 2.28. The highest BCUT2D eigenvalue weighted by atomic mass is 16.5. The fourth-order valence-corrected chi connectivity index (χ4v) is 3.47. The average molecular weight is 380 g/mol. The summed E-state index contributed by atoms with van der Waals surface area (Å²) in [7, 11) is 0. The van der Waals surface area contributed by atoms with Crippen LogP contribution in [0.4, 0.5) is 5.69 Å². The van der Waals surface area contributed by atoms with E-state index in [-0.39, 0.29) is 17.7 Å². The quantitative estimate of drug-likeness (QED) is 0.738. The molecule has 1 aliphatic rings. The van der Waals surface area contributed by atoms with Crippen LogP contribution in [0, 0.1) is 12.8 Å². The van der Waals surface area contributed by atoms with Crippen molar-refractivity contribution in [3.63, 3.8) is 0 Å². The Morgan fingerprint density at radius 2 is 1.86 bits per heavy atom. The molecular weight excluding hydrogens is 352 g/mol. The topological polar surface area (TPSA) is 58.6 Å². The minimum Gasteiger partial charge on any atom is -0.493 e. The van der Waals surface area contributed by atoms with Crippen molar-refractivity contribution in [2.45, 2.75) is 32.6 Å². The zero-order valence-electron chi connectivity index (χ0n) is 16.4. The number of benzene rings is 2. The summed E-state index contributed by atoms with van der Waals surface area (Å²) < 4.78 is 5.77. The van der Waals surface area contributed by atoms with Crippen LogP contribution in [0.15, 0.2) is 54.6 Å². The lowest BCUT2D eigenvalue weighted by Gasteiger charge is -2.32. The van der Waals surface area contributed by atoms with Crippen LogP contribution < -0.4 is 10.1 Å². The molecule has 0 aromatic heterocycles. The molecule has 148 valence electrons. The number of para-hydroxylation sites is 2. The molecule has 1 atom stereocenters. The van der Waals surface area contributed by atoms with Gasteiger partial charge in [0.1, 0.15) is 5.75 Å². The Kier molecular flexibility index (Phi) is 7.06. The SMILES string of the molecule is Cc1ccccc1OCCCC(=O)N1CCC[C@H](C(=O)Nc2ccccc2)C1. The summed E-state index contributed by atoms with van der Waals surface area (Å²) in [6.07, 6.45) is 2.79. The molecular formula is C23H28N2O3. The molecule has 0 aliphatic carbocycles. The normalized spacial score (nSPS) is 16.5. The number of amides is 2. The van der Waals surface area contributed by atoms with Crippen molar-refractivity contribution in [2.24, 2.45) is 5.92 Å². The Hall–Kier alpha value is -2.82. The lowest BCUT2D eigenvalue weighted by molar-refractivity contribution is -0.134. The Bertz CT molecular complexity index is 791. The van der Waals surface area contributed by atoms with E-state index in [1.54, 1.807) is 0 Å². The van der Waals surface area contributed by atoms with E-state index in [1.165, 1.54) is 0 Å². The summed E-state index contributed by atoms with van der Waals surface area (Å²) >= 11 is 0. The minimum atomic E-state index is -0.152. The summed E-state index contributed by atoms with van der Waals surface area (Å²) in [6, 6.07) is 17.3. The van der Waals surface area contributed by atoms with Crippen LogP contribution in [0.5, 0.6) is 5.75 Å². The molecule has 28 heavy (non-hydrogen) atoms. The smallest absolute Gasteiger partial charge is 0.229 e. The van der Waals surface area contributed by atoms with Crippen LogP contribution in [0.25, 0.3) is 0 Å². The second kappa shape index (κ2) is 9.93. The van der Waals surface area contributed by atoms with Crippen molar-refractivity contribution >= 4 is 17.5 Å². The Balaban J connectivity index is 1.42. The van der Waals surface area contributed by atoms with Gasteiger partial charge in [-0.25, -0.2) is 0 Å². The first-order chi connectivity index (χ1) is 13.6. The maximum absolute atomic E-state index is 12.5. The molecule has 1 fully saturated rings. The van der Waals surface area contributed by atoms with Gasteiger partial charge in [0.05, 0.1) is 12.5 Å². The highest BCUT2D eigenvalue weighted by molar-refractivity contribution is 5.93. The number of likely N-dealkylation sites (tertiary alicyclic amines) is 1. The number of aryl methyl sites for hydroxylation is 1. The molecule has 0 spiro atoms. The number of piperidine rings is 1. The number of hydrogen-bond acceptors (Lipinski definition) is 3. The van der Waals surface area contributed by atoms with Crippen molar-refractivity contribution in [2.75, 3.05) is 25.0 Å². The van der Waals surface area contributed by atoms with E-state index in [1.807, 2.05) is 66.4 Å². The maximum atomic E-state index is 12.5. The first-order valence-electron chi connectivity index (χ1n) is 9.95. The maximum Gasteiger partial charge on any atom is 0.229 e. The van der Waals surface area contributed by atoms with Crippen LogP contribution in [0.2, 0.25) is 0 Å². The third-order valence-corrected chi connectivity index (χ3v) is 5.07. The third kappa shape index (κ3) is 5.59. The van der Waals surface area contributed by atoms with E-state index >= 15 is 0 Å². The van der Waals surface area contributed by atoms with E-state index < -0.39 is 0 Å². The van der Waals surface area contributed by atoms with Gasteiger partial charge >= 0.3 is 0 Å². The average Bonchev–Trinajstić information content (AvgIpc) is 2.73. The predicted octanol–water partition coefficient (Wildman–Crippen LogP) is 4.03. The number of carbonyl (C=O) groups excluding carboxylic acids is 2. The molecule has 2 aromatic carbocycles. The van der Waals surface area contributed by atoms with Crippen molar-refractivity contribution in [1.82, 2.24) is 4.90 Å². The van der Waals surface area contributed by atoms with Crippen molar-refractivity contribution in [3.8, 4) is 5.75 Å². The molecule has 1 N–H and O–H groups in total. The molecule has 2 amide bonds. The summed E-state index contributed by atoms with van der Waals surface area (Å²) in [5.41, 5.74) is 1.89. The molecule has 3 rings (SSSR count). The standard InChI is InChI=1S/C23H28N2O3/c1-18-9-5-6-13-21(18)28-16-8-14-22(26)25-15-7-10-19(17-25)23(27)24-20-11-3-2-4-12-20/h2-6,9,11-13,19H,7-8,10,14-17H2,1H3,(H,24,27)/t19-/m0/s1. The van der Waals surface area contributed by atoms with Crippen molar-refractivity contribution < 1.29 is 14.3 Å². The van der Waals surface area contributed by atoms with Gasteiger partial charge in [0.15, 0.2) is 0 Å². The number of rotatable bonds is 7. The minimum absolute atomic E-state index is 0.00779. The zero-order valence-corrected chi connectivity index (χ0v) is 16.4. The van der Waals surface area contributed by atoms with Gasteiger partial charge in [-0.2, -0.15) is 0 Å². The van der Waals surface area contributed by atoms with Crippen molar-refractivity contribution in [1.29, 1.82) is 0 Å². The van der Waals surface area contributed by atoms with E-state index in [2.05, 4.69) is 5.32 Å². The molecule has 0 radical (unpaired) electrons. The molecule has 5 heteroatoms. The monoisotopic (exact) mass is 380 g/mol. The number of carbonyl (C=O) groups is 2. The molecule has 1 saturated heterocycles. The molecule has 1 heterocycles. The Labute approximate surface area is 166 Å². The van der Waals surface area contributed by atoms with Gasteiger partial charge in [-0.05, 0) is 49.9 Å². The van der Waals surface area contributed by atoms with Crippen LogP contribution in [-0.4, -0.2) is 36.4 Å². The number of nitrogens with one attached hydrogen (secondary N) is 1.